The molecular formula is C14H13FN2O3. The van der Waals surface area contributed by atoms with E-state index in [4.69, 9.17) is 16.2 Å². The van der Waals surface area contributed by atoms with Crippen molar-refractivity contribution in [2.45, 2.75) is 6.61 Å². The molecule has 6 heteroatoms. The van der Waals surface area contributed by atoms with Crippen molar-refractivity contribution < 1.29 is 19.0 Å². The van der Waals surface area contributed by atoms with E-state index in [9.17, 15) is 14.3 Å². The second-order valence-corrected chi connectivity index (χ2v) is 4.15. The van der Waals surface area contributed by atoms with E-state index < -0.39 is 11.7 Å². The molecule has 0 heterocycles. The van der Waals surface area contributed by atoms with Crippen LogP contribution >= 0.6 is 0 Å². The smallest absolute Gasteiger partial charge is 0.248 e. The molecule has 0 spiro atoms. The zero-order chi connectivity index (χ0) is 14.7. The largest absolute Gasteiger partial charge is 0.506 e. The molecule has 104 valence electrons. The zero-order valence-electron chi connectivity index (χ0n) is 10.5. The molecule has 0 aliphatic carbocycles. The van der Waals surface area contributed by atoms with Gasteiger partial charge in [0, 0.05) is 11.1 Å². The topological polar surface area (TPSA) is 98.6 Å². The molecule has 0 radical (unpaired) electrons. The predicted molar refractivity (Wildman–Crippen MR) is 71.8 cm³/mol. The maximum atomic E-state index is 13.7. The van der Waals surface area contributed by atoms with Gasteiger partial charge in [-0.05, 0) is 24.3 Å². The number of phenolic OH excluding ortho intramolecular Hbond substituents is 1. The van der Waals surface area contributed by atoms with Crippen molar-refractivity contribution in [1.82, 2.24) is 0 Å². The lowest BCUT2D eigenvalue weighted by atomic mass is 10.1. The number of ether oxygens (including phenoxy) is 1. The van der Waals surface area contributed by atoms with Gasteiger partial charge in [-0.3, -0.25) is 4.79 Å². The zero-order valence-corrected chi connectivity index (χ0v) is 10.5. The van der Waals surface area contributed by atoms with Gasteiger partial charge in [-0.2, -0.15) is 0 Å². The van der Waals surface area contributed by atoms with Gasteiger partial charge in [0.2, 0.25) is 5.91 Å². The summed E-state index contributed by atoms with van der Waals surface area (Å²) < 4.78 is 19.1. The Morgan fingerprint density at radius 3 is 2.70 bits per heavy atom. The fourth-order valence-electron chi connectivity index (χ4n) is 1.63. The number of aromatic hydroxyl groups is 1. The van der Waals surface area contributed by atoms with Crippen LogP contribution in [0.4, 0.5) is 10.1 Å². The predicted octanol–water partition coefficient (Wildman–Crippen LogP) is 1.79. The summed E-state index contributed by atoms with van der Waals surface area (Å²) in [4.78, 5) is 10.9. The highest BCUT2D eigenvalue weighted by atomic mass is 19.1. The number of anilines is 1. The Morgan fingerprint density at radius 2 is 2.05 bits per heavy atom. The van der Waals surface area contributed by atoms with Crippen LogP contribution in [0, 0.1) is 5.82 Å². The third-order valence-corrected chi connectivity index (χ3v) is 2.76. The molecule has 0 fully saturated rings. The quantitative estimate of drug-likeness (QED) is 0.585. The first-order valence-electron chi connectivity index (χ1n) is 5.77. The molecule has 0 aliphatic rings. The molecule has 20 heavy (non-hydrogen) atoms. The number of rotatable bonds is 4. The Hall–Kier alpha value is -2.76. The molecule has 0 saturated heterocycles. The van der Waals surface area contributed by atoms with Crippen molar-refractivity contribution in [2.24, 2.45) is 5.73 Å². The van der Waals surface area contributed by atoms with Crippen LogP contribution in [0.3, 0.4) is 0 Å². The van der Waals surface area contributed by atoms with Crippen molar-refractivity contribution in [3.63, 3.8) is 0 Å². The van der Waals surface area contributed by atoms with Crippen LogP contribution in [0.25, 0.3) is 0 Å². The minimum Gasteiger partial charge on any atom is -0.506 e. The van der Waals surface area contributed by atoms with Crippen LogP contribution in [-0.2, 0) is 6.61 Å². The van der Waals surface area contributed by atoms with E-state index in [2.05, 4.69) is 0 Å². The standard InChI is InChI=1S/C14H13FN2O3/c15-10-6-8(14(17)19)4-5-9(10)7-20-12-3-1-2-11(18)13(12)16/h1-6,18H,7,16H2,(H2,17,19). The average molecular weight is 276 g/mol. The van der Waals surface area contributed by atoms with Crippen molar-refractivity contribution in [3.05, 3.63) is 53.3 Å². The molecule has 2 aromatic carbocycles. The minimum absolute atomic E-state index is 0.0848. The Labute approximate surface area is 114 Å². The summed E-state index contributed by atoms with van der Waals surface area (Å²) in [6.45, 7) is -0.0848. The van der Waals surface area contributed by atoms with Gasteiger partial charge in [0.05, 0.1) is 0 Å². The first-order chi connectivity index (χ1) is 9.49. The summed E-state index contributed by atoms with van der Waals surface area (Å²) in [5.41, 5.74) is 11.1. The first-order valence-corrected chi connectivity index (χ1v) is 5.77. The summed E-state index contributed by atoms with van der Waals surface area (Å²) in [6, 6.07) is 8.42. The number of carbonyl (C=O) groups excluding carboxylic acids is 1. The SMILES string of the molecule is NC(=O)c1ccc(COc2cccc(O)c2N)c(F)c1. The molecule has 5 N–H and O–H groups in total. The number of carbonyl (C=O) groups is 1. The van der Waals surface area contributed by atoms with E-state index in [1.807, 2.05) is 0 Å². The van der Waals surface area contributed by atoms with E-state index in [0.29, 0.717) is 0 Å². The van der Waals surface area contributed by atoms with Gasteiger partial charge in [0.1, 0.15) is 29.6 Å². The molecular weight excluding hydrogens is 263 g/mol. The third-order valence-electron chi connectivity index (χ3n) is 2.76. The summed E-state index contributed by atoms with van der Waals surface area (Å²) in [7, 11) is 0. The number of nitrogens with two attached hydrogens (primary N) is 2. The Bertz CT molecular complexity index is 659. The molecule has 0 unspecified atom stereocenters. The van der Waals surface area contributed by atoms with Crippen LogP contribution in [0.2, 0.25) is 0 Å². The van der Waals surface area contributed by atoms with Crippen molar-refractivity contribution in [3.8, 4) is 11.5 Å². The Balaban J connectivity index is 2.15. The molecule has 0 bridgehead atoms. The van der Waals surface area contributed by atoms with E-state index in [-0.39, 0.29) is 34.9 Å². The number of primary amides is 1. The molecule has 0 aromatic heterocycles. The van der Waals surface area contributed by atoms with Crippen molar-refractivity contribution in [2.75, 3.05) is 5.73 Å². The van der Waals surface area contributed by atoms with Gasteiger partial charge in [-0.1, -0.05) is 12.1 Å². The molecule has 2 aromatic rings. The summed E-state index contributed by atoms with van der Waals surface area (Å²) in [5, 5.41) is 9.42. The molecule has 0 saturated carbocycles. The van der Waals surface area contributed by atoms with Crippen LogP contribution in [-0.4, -0.2) is 11.0 Å². The second-order valence-electron chi connectivity index (χ2n) is 4.15. The second kappa shape index (κ2) is 5.48. The Morgan fingerprint density at radius 1 is 1.30 bits per heavy atom. The van der Waals surface area contributed by atoms with E-state index in [1.165, 1.54) is 18.2 Å². The van der Waals surface area contributed by atoms with Crippen molar-refractivity contribution in [1.29, 1.82) is 0 Å². The lowest BCUT2D eigenvalue weighted by molar-refractivity contribution is 0.0999. The fourth-order valence-corrected chi connectivity index (χ4v) is 1.63. The minimum atomic E-state index is -0.700. The normalized spacial score (nSPS) is 10.2. The number of hydrogen-bond acceptors (Lipinski definition) is 4. The molecule has 5 nitrogen and oxygen atoms in total. The maximum absolute atomic E-state index is 13.7. The summed E-state index contributed by atoms with van der Waals surface area (Å²) in [6.07, 6.45) is 0. The Kier molecular flexibility index (Phi) is 3.74. The lowest BCUT2D eigenvalue weighted by Crippen LogP contribution is -2.12. The van der Waals surface area contributed by atoms with Crippen LogP contribution in [0.15, 0.2) is 36.4 Å². The van der Waals surface area contributed by atoms with Crippen LogP contribution in [0.5, 0.6) is 11.5 Å². The number of nitrogen functional groups attached to an aromatic ring is 1. The van der Waals surface area contributed by atoms with Gasteiger partial charge >= 0.3 is 0 Å². The molecule has 0 atom stereocenters. The van der Waals surface area contributed by atoms with Crippen LogP contribution < -0.4 is 16.2 Å². The molecule has 1 amide bonds. The van der Waals surface area contributed by atoms with E-state index in [1.54, 1.807) is 12.1 Å². The highest BCUT2D eigenvalue weighted by Crippen LogP contribution is 2.30. The van der Waals surface area contributed by atoms with Gasteiger partial charge in [0.15, 0.2) is 0 Å². The number of phenols is 1. The van der Waals surface area contributed by atoms with E-state index in [0.717, 1.165) is 6.07 Å². The fraction of sp³-hybridized carbons (Fsp3) is 0.0714. The highest BCUT2D eigenvalue weighted by molar-refractivity contribution is 5.92. The highest BCUT2D eigenvalue weighted by Gasteiger charge is 2.09. The maximum Gasteiger partial charge on any atom is 0.248 e. The van der Waals surface area contributed by atoms with Crippen molar-refractivity contribution >= 4 is 11.6 Å². The van der Waals surface area contributed by atoms with Gasteiger partial charge in [0.25, 0.3) is 0 Å². The lowest BCUT2D eigenvalue weighted by Gasteiger charge is -2.10. The van der Waals surface area contributed by atoms with Gasteiger partial charge in [-0.25, -0.2) is 4.39 Å². The average Bonchev–Trinajstić information content (AvgIpc) is 2.41. The monoisotopic (exact) mass is 276 g/mol. The molecule has 0 aliphatic heterocycles. The van der Waals surface area contributed by atoms with Crippen LogP contribution in [0.1, 0.15) is 15.9 Å². The number of halogens is 1. The number of para-hydroxylation sites is 1. The summed E-state index contributed by atoms with van der Waals surface area (Å²) >= 11 is 0. The number of hydrogen-bond donors (Lipinski definition) is 3. The van der Waals surface area contributed by atoms with Gasteiger partial charge in [-0.15, -0.1) is 0 Å². The number of amides is 1. The third kappa shape index (κ3) is 2.80. The molecule has 2 rings (SSSR count). The number of benzene rings is 2. The van der Waals surface area contributed by atoms with E-state index >= 15 is 0 Å². The first kappa shape index (κ1) is 13.7. The van der Waals surface area contributed by atoms with Gasteiger partial charge < -0.3 is 21.3 Å². The summed E-state index contributed by atoms with van der Waals surface area (Å²) in [5.74, 6) is -1.15.